The highest BCUT2D eigenvalue weighted by molar-refractivity contribution is 6.98. The summed E-state index contributed by atoms with van der Waals surface area (Å²) < 4.78 is 14.7. The van der Waals surface area contributed by atoms with Gasteiger partial charge in [-0.2, -0.15) is 0 Å². The molecule has 0 rings (SSSR count). The molecule has 0 saturated heterocycles. The van der Waals surface area contributed by atoms with Gasteiger partial charge in [0.25, 0.3) is 0 Å². The Bertz CT molecular complexity index is 607. The lowest BCUT2D eigenvalue weighted by Crippen LogP contribution is -2.78. The van der Waals surface area contributed by atoms with Crippen LogP contribution >= 0.6 is 0 Å². The Balaban J connectivity index is 6.59. The monoisotopic (exact) mass is 578 g/mol. The first-order valence-electron chi connectivity index (χ1n) is 13.5. The molecule has 4 nitrogen and oxygen atoms in total. The highest BCUT2D eigenvalue weighted by Crippen LogP contribution is 2.42. The molecule has 0 atom stereocenters. The zero-order valence-corrected chi connectivity index (χ0v) is 33.3. The molecule has 0 spiro atoms. The summed E-state index contributed by atoms with van der Waals surface area (Å²) in [5, 5.41) is 0.674. The second-order valence-corrected chi connectivity index (χ2v) is 46.3. The average molecular weight is 579 g/mol. The molecule has 0 heterocycles. The van der Waals surface area contributed by atoms with Crippen molar-refractivity contribution in [3.05, 3.63) is 0 Å². The molecule has 0 aliphatic heterocycles. The lowest BCUT2D eigenvalue weighted by molar-refractivity contribution is 0.467. The molecule has 0 aromatic rings. The highest BCUT2D eigenvalue weighted by atomic mass is 28.4. The number of hydrogen-bond acceptors (Lipinski definition) is 4. The van der Waals surface area contributed by atoms with Crippen LogP contribution in [0.4, 0.5) is 0 Å². The summed E-state index contributed by atoms with van der Waals surface area (Å²) in [5.74, 6) is 0. The molecule has 0 radical (unpaired) electrons. The second-order valence-electron chi connectivity index (χ2n) is 16.8. The zero-order valence-electron chi connectivity index (χ0n) is 27.3. The molecular weight excluding hydrogens is 513 g/mol. The average Bonchev–Trinajstić information content (AvgIpc) is 2.42. The summed E-state index contributed by atoms with van der Waals surface area (Å²) in [5.41, 5.74) is 0. The third-order valence-electron chi connectivity index (χ3n) is 8.28. The van der Waals surface area contributed by atoms with E-state index in [4.69, 9.17) is 0 Å². The molecule has 0 aromatic heterocycles. The van der Waals surface area contributed by atoms with E-state index in [0.717, 1.165) is 0 Å². The van der Waals surface area contributed by atoms with E-state index in [1.807, 2.05) is 0 Å². The molecule has 0 unspecified atom stereocenters. The van der Waals surface area contributed by atoms with Gasteiger partial charge >= 0.3 is 0 Å². The summed E-state index contributed by atoms with van der Waals surface area (Å²) >= 11 is 0. The molecule has 2 N–H and O–H groups in total. The predicted octanol–water partition coefficient (Wildman–Crippen LogP) is 7.85. The number of hydrogen-bond donors (Lipinski definition) is 2. The van der Waals surface area contributed by atoms with Crippen molar-refractivity contribution in [1.82, 2.24) is 17.8 Å². The summed E-state index contributed by atoms with van der Waals surface area (Å²) in [4.78, 5) is 0. The van der Waals surface area contributed by atoms with Crippen LogP contribution in [0.25, 0.3) is 0 Å². The van der Waals surface area contributed by atoms with Gasteiger partial charge in [0.1, 0.15) is 32.9 Å². The van der Waals surface area contributed by atoms with E-state index in [9.17, 15) is 0 Å². The van der Waals surface area contributed by atoms with Crippen LogP contribution in [0.1, 0.15) is 41.5 Å². The summed E-state index contributed by atoms with van der Waals surface area (Å²) in [6.45, 7) is 53.1. The Morgan fingerprint density at radius 2 is 0.647 bits per heavy atom. The molecule has 34 heavy (non-hydrogen) atoms. The highest BCUT2D eigenvalue weighted by Gasteiger charge is 2.52. The Morgan fingerprint density at radius 1 is 0.441 bits per heavy atom. The van der Waals surface area contributed by atoms with Crippen molar-refractivity contribution >= 4 is 49.7 Å². The fourth-order valence-electron chi connectivity index (χ4n) is 5.50. The standard InChI is InChI=1S/C24H66N4Si6/c1-23(2,3)31(13,14)27(33(17,18)25-29(7,8)9)21-22-28(32(15,16)24(4,5)6)34(19,20)26-30(10,11)12/h25-26H,21-22H2,1-20H3. The SMILES string of the molecule is CC(C)(C)[Si](C)(C)N(CCN([Si](C)(C)N[Si](C)(C)C)[Si](C)(C)C(C)(C)C)[Si](C)(C)N[Si](C)(C)C. The van der Waals surface area contributed by atoms with Crippen molar-refractivity contribution in [1.29, 1.82) is 0 Å². The number of rotatable bonds is 11. The number of nitrogens with zero attached hydrogens (tertiary/aromatic N) is 2. The Labute approximate surface area is 223 Å². The second kappa shape index (κ2) is 10.7. The minimum atomic E-state index is -1.79. The van der Waals surface area contributed by atoms with Crippen LogP contribution < -0.4 is 9.30 Å². The molecule has 0 bridgehead atoms. The van der Waals surface area contributed by atoms with Crippen molar-refractivity contribution in [3.63, 3.8) is 0 Å². The smallest absolute Gasteiger partial charge is 0.184 e. The Kier molecular flexibility index (Phi) is 11.1. The first-order valence-corrected chi connectivity index (χ1v) is 32.3. The van der Waals surface area contributed by atoms with Crippen LogP contribution in [-0.2, 0) is 0 Å². The first kappa shape index (κ1) is 35.1. The maximum absolute atomic E-state index is 4.28. The molecule has 0 aromatic carbocycles. The Morgan fingerprint density at radius 3 is 0.794 bits per heavy atom. The molecule has 206 valence electrons. The van der Waals surface area contributed by atoms with E-state index >= 15 is 0 Å². The van der Waals surface area contributed by atoms with Crippen molar-refractivity contribution in [2.75, 3.05) is 13.1 Å². The molecular formula is C24H66N4Si6. The largest absolute Gasteiger partial charge is 0.348 e. The molecule has 0 amide bonds. The van der Waals surface area contributed by atoms with Crippen molar-refractivity contribution in [2.24, 2.45) is 0 Å². The quantitative estimate of drug-likeness (QED) is 0.244. The maximum atomic E-state index is 4.28. The summed E-state index contributed by atoms with van der Waals surface area (Å²) in [7, 11) is -9.77. The lowest BCUT2D eigenvalue weighted by atomic mass is 10.2. The predicted molar refractivity (Wildman–Crippen MR) is 176 cm³/mol. The van der Waals surface area contributed by atoms with Gasteiger partial charge in [-0.1, -0.05) is 107 Å². The maximum Gasteiger partial charge on any atom is 0.184 e. The van der Waals surface area contributed by atoms with Crippen molar-refractivity contribution in [2.45, 2.75) is 143 Å². The van der Waals surface area contributed by atoms with Gasteiger partial charge in [-0.15, -0.1) is 0 Å². The van der Waals surface area contributed by atoms with E-state index in [2.05, 4.69) is 151 Å². The van der Waals surface area contributed by atoms with Crippen molar-refractivity contribution < 1.29 is 0 Å². The summed E-state index contributed by atoms with van der Waals surface area (Å²) in [6, 6.07) is 0. The minimum Gasteiger partial charge on any atom is -0.348 e. The molecule has 0 saturated carbocycles. The number of nitrogens with one attached hydrogen (secondary N) is 2. The zero-order chi connectivity index (χ0) is 28.0. The van der Waals surface area contributed by atoms with Crippen LogP contribution in [0.2, 0.25) is 102 Å². The molecule has 10 heteroatoms. The topological polar surface area (TPSA) is 30.5 Å². The normalized spacial score (nSPS) is 16.1. The van der Waals surface area contributed by atoms with Gasteiger partial charge in [0, 0.05) is 0 Å². The fraction of sp³-hybridized carbons (Fsp3) is 1.00. The van der Waals surface area contributed by atoms with E-state index in [-0.39, 0.29) is 0 Å². The van der Waals surface area contributed by atoms with E-state index in [1.54, 1.807) is 0 Å². The van der Waals surface area contributed by atoms with Crippen LogP contribution in [0, 0.1) is 0 Å². The summed E-state index contributed by atoms with van der Waals surface area (Å²) in [6.07, 6.45) is 0. The van der Waals surface area contributed by atoms with Crippen LogP contribution in [0.15, 0.2) is 0 Å². The van der Waals surface area contributed by atoms with Gasteiger partial charge in [0.2, 0.25) is 0 Å². The van der Waals surface area contributed by atoms with E-state index in [0.29, 0.717) is 10.1 Å². The van der Waals surface area contributed by atoms with Crippen LogP contribution in [0.5, 0.6) is 0 Å². The van der Waals surface area contributed by atoms with Crippen molar-refractivity contribution in [3.8, 4) is 0 Å². The van der Waals surface area contributed by atoms with Crippen LogP contribution in [0.3, 0.4) is 0 Å². The minimum absolute atomic E-state index is 0.337. The van der Waals surface area contributed by atoms with Gasteiger partial charge in [-0.3, -0.25) is 0 Å². The third kappa shape index (κ3) is 9.47. The van der Waals surface area contributed by atoms with Gasteiger partial charge in [-0.25, -0.2) is 0 Å². The van der Waals surface area contributed by atoms with E-state index in [1.165, 1.54) is 13.1 Å². The molecule has 0 aliphatic carbocycles. The Hall–Kier alpha value is 1.14. The van der Waals surface area contributed by atoms with E-state index < -0.39 is 49.7 Å². The molecule has 0 aliphatic rings. The fourth-order valence-corrected chi connectivity index (χ4v) is 39.7. The first-order chi connectivity index (χ1) is 14.4. The van der Waals surface area contributed by atoms with Gasteiger partial charge in [0.05, 0.1) is 0 Å². The van der Waals surface area contributed by atoms with Gasteiger partial charge < -0.3 is 17.8 Å². The third-order valence-corrected chi connectivity index (χ3v) is 39.5. The lowest BCUT2D eigenvalue weighted by Gasteiger charge is -2.58. The van der Waals surface area contributed by atoms with Crippen LogP contribution in [-0.4, -0.2) is 71.3 Å². The van der Waals surface area contributed by atoms with Gasteiger partial charge in [-0.05, 0) is 49.4 Å². The van der Waals surface area contributed by atoms with Gasteiger partial charge in [0.15, 0.2) is 16.8 Å². The molecule has 0 fully saturated rings.